The first-order valence-electron chi connectivity index (χ1n) is 8.88. The van der Waals surface area contributed by atoms with E-state index in [1.807, 2.05) is 0 Å². The Hall–Kier alpha value is -2.90. The summed E-state index contributed by atoms with van der Waals surface area (Å²) < 4.78 is 0. The molecule has 0 spiro atoms. The zero-order valence-corrected chi connectivity index (χ0v) is 17.5. The van der Waals surface area contributed by atoms with E-state index in [1.54, 1.807) is 0 Å². The number of nitrogens with zero attached hydrogens (tertiary/aromatic N) is 1. The molecule has 0 saturated heterocycles. The standard InChI is InChI=1S/C7H16N4O.2C5H9NO3/c1-5(12)6(8)3-2-4-11-7(9)10;2*1-3(7)4(6)2-5(8)9/h6H,2-4,8H2,1H3,(H4,9,10,11);2*4H,2,6H2,1H3,(H,8,9)/t6-;2*4-/m010/s1. The predicted octanol–water partition coefficient (Wildman–Crippen LogP) is -2.29. The highest BCUT2D eigenvalue weighted by Crippen LogP contribution is 1.95. The van der Waals surface area contributed by atoms with Crippen LogP contribution in [0, 0.1) is 0 Å². The molecule has 0 heterocycles. The van der Waals surface area contributed by atoms with Crippen molar-refractivity contribution >= 4 is 35.2 Å². The number of hydrogen-bond donors (Lipinski definition) is 7. The molecule has 13 nitrogen and oxygen atoms in total. The number of aliphatic imine (C=N–C) groups is 1. The number of nitrogens with two attached hydrogens (primary N) is 5. The average Bonchev–Trinajstić information content (AvgIpc) is 2.58. The average molecular weight is 434 g/mol. The fourth-order valence-corrected chi connectivity index (χ4v) is 1.39. The van der Waals surface area contributed by atoms with Crippen molar-refractivity contribution in [2.24, 2.45) is 33.7 Å². The van der Waals surface area contributed by atoms with E-state index < -0.39 is 24.0 Å². The zero-order valence-electron chi connectivity index (χ0n) is 17.5. The topological polar surface area (TPSA) is 268 Å². The molecule has 0 aliphatic rings. The lowest BCUT2D eigenvalue weighted by Gasteiger charge is -2.04. The molecule has 0 rings (SSSR count). The SMILES string of the molecule is CC(=O)[C@@H](N)CC(=O)O.CC(=O)[C@@H](N)CCCN=C(N)N.CC(=O)[C@H](N)CC(=O)O. The number of aliphatic carboxylic acids is 2. The van der Waals surface area contributed by atoms with E-state index in [4.69, 9.17) is 38.9 Å². The van der Waals surface area contributed by atoms with E-state index in [1.165, 1.54) is 20.8 Å². The molecule has 3 atom stereocenters. The first-order valence-corrected chi connectivity index (χ1v) is 8.88. The summed E-state index contributed by atoms with van der Waals surface area (Å²) in [5, 5.41) is 16.2. The highest BCUT2D eigenvalue weighted by molar-refractivity contribution is 5.86. The van der Waals surface area contributed by atoms with Gasteiger partial charge in [0, 0.05) is 6.54 Å². The van der Waals surface area contributed by atoms with Crippen molar-refractivity contribution in [1.82, 2.24) is 0 Å². The van der Waals surface area contributed by atoms with E-state index >= 15 is 0 Å². The van der Waals surface area contributed by atoms with Gasteiger partial charge in [-0.3, -0.25) is 29.0 Å². The Morgan fingerprint density at radius 1 is 0.733 bits per heavy atom. The summed E-state index contributed by atoms with van der Waals surface area (Å²) in [5.74, 6) is -2.60. The summed E-state index contributed by atoms with van der Waals surface area (Å²) in [7, 11) is 0. The second kappa shape index (κ2) is 18.1. The normalized spacial score (nSPS) is 12.5. The summed E-state index contributed by atoms with van der Waals surface area (Å²) in [6.07, 6.45) is 0.801. The van der Waals surface area contributed by atoms with Crippen LogP contribution in [0.3, 0.4) is 0 Å². The maximum Gasteiger partial charge on any atom is 0.305 e. The first-order chi connectivity index (χ1) is 13.6. The van der Waals surface area contributed by atoms with Crippen molar-refractivity contribution in [2.45, 2.75) is 64.6 Å². The van der Waals surface area contributed by atoms with Crippen molar-refractivity contribution in [3.63, 3.8) is 0 Å². The summed E-state index contributed by atoms with van der Waals surface area (Å²) in [6, 6.07) is -2.07. The van der Waals surface area contributed by atoms with E-state index in [0.717, 1.165) is 6.42 Å². The van der Waals surface area contributed by atoms with Crippen molar-refractivity contribution in [1.29, 1.82) is 0 Å². The molecule has 0 aromatic heterocycles. The number of carbonyl (C=O) groups is 5. The van der Waals surface area contributed by atoms with Crippen LogP contribution in [0.15, 0.2) is 4.99 Å². The van der Waals surface area contributed by atoms with Gasteiger partial charge in [0.2, 0.25) is 0 Å². The van der Waals surface area contributed by atoms with Gasteiger partial charge in [-0.2, -0.15) is 0 Å². The molecule has 0 radical (unpaired) electrons. The van der Waals surface area contributed by atoms with E-state index in [0.29, 0.717) is 13.0 Å². The fraction of sp³-hybridized carbons (Fsp3) is 0.647. The molecule has 0 saturated carbocycles. The number of carboxylic acid groups (broad SMARTS) is 2. The molecule has 0 unspecified atom stereocenters. The predicted molar refractivity (Wildman–Crippen MR) is 110 cm³/mol. The molecule has 0 fully saturated rings. The summed E-state index contributed by atoms with van der Waals surface area (Å²) in [4.78, 5) is 54.8. The molecular formula is C17H34N6O7. The Kier molecular flexibility index (Phi) is 19.2. The molecule has 0 aliphatic heterocycles. The van der Waals surface area contributed by atoms with Crippen LogP contribution in [0.4, 0.5) is 0 Å². The molecule has 30 heavy (non-hydrogen) atoms. The smallest absolute Gasteiger partial charge is 0.305 e. The molecular weight excluding hydrogens is 400 g/mol. The molecule has 0 aliphatic carbocycles. The van der Waals surface area contributed by atoms with Crippen molar-refractivity contribution in [3.05, 3.63) is 0 Å². The van der Waals surface area contributed by atoms with Gasteiger partial charge in [-0.05, 0) is 33.6 Å². The maximum absolute atomic E-state index is 10.7. The highest BCUT2D eigenvalue weighted by Gasteiger charge is 2.12. The van der Waals surface area contributed by atoms with Crippen LogP contribution in [-0.2, 0) is 24.0 Å². The lowest BCUT2D eigenvalue weighted by molar-refractivity contribution is -0.139. The van der Waals surface area contributed by atoms with Gasteiger partial charge in [-0.25, -0.2) is 0 Å². The minimum atomic E-state index is -1.04. The number of carboxylic acids is 2. The number of carbonyl (C=O) groups excluding carboxylic acids is 3. The van der Waals surface area contributed by atoms with Crippen LogP contribution in [0.2, 0.25) is 0 Å². The summed E-state index contributed by atoms with van der Waals surface area (Å²) in [6.45, 7) is 4.55. The van der Waals surface area contributed by atoms with Gasteiger partial charge in [0.25, 0.3) is 0 Å². The van der Waals surface area contributed by atoms with Gasteiger partial charge in [0.1, 0.15) is 17.3 Å². The Morgan fingerprint density at radius 3 is 1.27 bits per heavy atom. The first kappa shape index (κ1) is 31.8. The van der Waals surface area contributed by atoms with Gasteiger partial charge in [-0.15, -0.1) is 0 Å². The van der Waals surface area contributed by atoms with Crippen molar-refractivity contribution in [2.75, 3.05) is 6.54 Å². The summed E-state index contributed by atoms with van der Waals surface area (Å²) in [5.41, 5.74) is 25.8. The Balaban J connectivity index is -0.000000371. The van der Waals surface area contributed by atoms with Gasteiger partial charge in [0.15, 0.2) is 5.96 Å². The van der Waals surface area contributed by atoms with Gasteiger partial charge < -0.3 is 38.9 Å². The number of Topliss-reactive ketones (excluding diaryl/α,β-unsaturated/α-hetero) is 3. The van der Waals surface area contributed by atoms with Crippen LogP contribution in [0.25, 0.3) is 0 Å². The third-order valence-electron chi connectivity index (χ3n) is 3.32. The minimum absolute atomic E-state index is 0.000278. The third-order valence-corrected chi connectivity index (χ3v) is 3.32. The molecule has 0 amide bonds. The second-order valence-electron chi connectivity index (χ2n) is 6.30. The Morgan fingerprint density at radius 2 is 1.07 bits per heavy atom. The lowest BCUT2D eigenvalue weighted by atomic mass is 10.1. The molecule has 13 heteroatoms. The molecule has 0 aromatic rings. The number of rotatable bonds is 11. The largest absolute Gasteiger partial charge is 0.481 e. The molecule has 12 N–H and O–H groups in total. The second-order valence-corrected chi connectivity index (χ2v) is 6.30. The van der Waals surface area contributed by atoms with E-state index in [2.05, 4.69) is 4.99 Å². The Bertz CT molecular complexity index is 573. The van der Waals surface area contributed by atoms with Gasteiger partial charge in [0.05, 0.1) is 31.0 Å². The third kappa shape index (κ3) is 25.1. The fourth-order valence-electron chi connectivity index (χ4n) is 1.39. The van der Waals surface area contributed by atoms with Gasteiger partial charge in [-0.1, -0.05) is 0 Å². The zero-order chi connectivity index (χ0) is 24.4. The van der Waals surface area contributed by atoms with Crippen LogP contribution < -0.4 is 28.7 Å². The van der Waals surface area contributed by atoms with E-state index in [9.17, 15) is 24.0 Å². The molecule has 0 bridgehead atoms. The quantitative estimate of drug-likeness (QED) is 0.103. The van der Waals surface area contributed by atoms with Gasteiger partial charge >= 0.3 is 11.9 Å². The number of hydrogen-bond acceptors (Lipinski definition) is 9. The number of guanidine groups is 1. The lowest BCUT2D eigenvalue weighted by Crippen LogP contribution is -2.30. The van der Waals surface area contributed by atoms with Crippen LogP contribution in [0.5, 0.6) is 0 Å². The maximum atomic E-state index is 10.7. The van der Waals surface area contributed by atoms with E-state index in [-0.39, 0.29) is 42.2 Å². The minimum Gasteiger partial charge on any atom is -0.481 e. The van der Waals surface area contributed by atoms with Crippen molar-refractivity contribution in [3.8, 4) is 0 Å². The van der Waals surface area contributed by atoms with Crippen molar-refractivity contribution < 1.29 is 34.2 Å². The molecule has 174 valence electrons. The van der Waals surface area contributed by atoms with Crippen LogP contribution in [-0.4, -0.2) is 70.1 Å². The highest BCUT2D eigenvalue weighted by atomic mass is 16.4. The Labute approximate surface area is 175 Å². The number of ketones is 3. The van der Waals surface area contributed by atoms with Crippen LogP contribution in [0.1, 0.15) is 46.5 Å². The summed E-state index contributed by atoms with van der Waals surface area (Å²) >= 11 is 0. The molecule has 0 aromatic carbocycles. The monoisotopic (exact) mass is 434 g/mol. The van der Waals surface area contributed by atoms with Crippen LogP contribution >= 0.6 is 0 Å².